The average molecular weight is 229 g/mol. The predicted octanol–water partition coefficient (Wildman–Crippen LogP) is 2.68. The van der Waals surface area contributed by atoms with E-state index in [-0.39, 0.29) is 6.01 Å². The van der Waals surface area contributed by atoms with Gasteiger partial charge in [-0.2, -0.15) is 4.98 Å². The van der Waals surface area contributed by atoms with Crippen molar-refractivity contribution in [2.24, 2.45) is 0 Å². The Labute approximate surface area is 97.3 Å². The van der Waals surface area contributed by atoms with Crippen LogP contribution in [0, 0.1) is 13.8 Å². The first kappa shape index (κ1) is 9.89. The Kier molecular flexibility index (Phi) is 1.95. The molecule has 0 amide bonds. The molecule has 0 saturated heterocycles. The quantitative estimate of drug-likeness (QED) is 0.694. The lowest BCUT2D eigenvalue weighted by Gasteiger charge is -1.96. The van der Waals surface area contributed by atoms with Crippen LogP contribution in [0.15, 0.2) is 27.0 Å². The maximum absolute atomic E-state index is 5.52. The van der Waals surface area contributed by atoms with E-state index in [2.05, 4.69) is 9.97 Å². The van der Waals surface area contributed by atoms with Gasteiger partial charge in [-0.1, -0.05) is 6.07 Å². The number of aromatic nitrogens is 2. The lowest BCUT2D eigenvalue weighted by atomic mass is 10.1. The van der Waals surface area contributed by atoms with Gasteiger partial charge in [0.1, 0.15) is 17.0 Å². The molecule has 3 rings (SSSR count). The van der Waals surface area contributed by atoms with E-state index in [1.54, 1.807) is 0 Å². The van der Waals surface area contributed by atoms with Gasteiger partial charge in [-0.05, 0) is 19.1 Å². The predicted molar refractivity (Wildman–Crippen MR) is 63.4 cm³/mol. The fraction of sp³-hybridized carbons (Fsp3) is 0.167. The van der Waals surface area contributed by atoms with E-state index in [1.807, 2.05) is 32.0 Å². The minimum absolute atomic E-state index is 0.173. The Balaban J connectivity index is 2.20. The molecule has 5 heteroatoms. The van der Waals surface area contributed by atoms with Crippen LogP contribution in [0.2, 0.25) is 0 Å². The molecule has 2 aromatic heterocycles. The molecule has 0 aliphatic rings. The van der Waals surface area contributed by atoms with Crippen molar-refractivity contribution in [2.75, 3.05) is 5.73 Å². The van der Waals surface area contributed by atoms with Gasteiger partial charge in [0.2, 0.25) is 0 Å². The van der Waals surface area contributed by atoms with Crippen LogP contribution in [0.5, 0.6) is 0 Å². The van der Waals surface area contributed by atoms with Crippen LogP contribution in [0.3, 0.4) is 0 Å². The second kappa shape index (κ2) is 3.35. The molecule has 1 aromatic carbocycles. The molecule has 2 N–H and O–H groups in total. The summed E-state index contributed by atoms with van der Waals surface area (Å²) in [5, 5.41) is 0. The summed E-state index contributed by atoms with van der Waals surface area (Å²) < 4.78 is 10.7. The number of hydrogen-bond donors (Lipinski definition) is 1. The molecule has 86 valence electrons. The highest BCUT2D eigenvalue weighted by Crippen LogP contribution is 2.27. The van der Waals surface area contributed by atoms with E-state index in [1.165, 1.54) is 0 Å². The Morgan fingerprint density at radius 3 is 2.65 bits per heavy atom. The van der Waals surface area contributed by atoms with Crippen LogP contribution in [-0.2, 0) is 0 Å². The first-order valence-corrected chi connectivity index (χ1v) is 5.24. The number of hydrogen-bond acceptors (Lipinski definition) is 5. The largest absolute Gasteiger partial charge is 0.441 e. The molecule has 0 saturated carbocycles. The van der Waals surface area contributed by atoms with E-state index in [4.69, 9.17) is 14.6 Å². The van der Waals surface area contributed by atoms with Gasteiger partial charge in [-0.15, -0.1) is 0 Å². The lowest BCUT2D eigenvalue weighted by molar-refractivity contribution is 0.549. The van der Waals surface area contributed by atoms with Crippen LogP contribution in [0.4, 0.5) is 6.01 Å². The Hall–Kier alpha value is -2.30. The summed E-state index contributed by atoms with van der Waals surface area (Å²) in [4.78, 5) is 8.38. The van der Waals surface area contributed by atoms with Gasteiger partial charge >= 0.3 is 0 Å². The summed E-state index contributed by atoms with van der Waals surface area (Å²) in [5.41, 5.74) is 8.73. The van der Waals surface area contributed by atoms with Gasteiger partial charge < -0.3 is 14.6 Å². The fourth-order valence-electron chi connectivity index (χ4n) is 1.87. The monoisotopic (exact) mass is 229 g/mol. The lowest BCUT2D eigenvalue weighted by Crippen LogP contribution is -1.84. The normalized spacial score (nSPS) is 11.2. The zero-order valence-corrected chi connectivity index (χ0v) is 9.52. The third kappa shape index (κ3) is 1.56. The number of benzene rings is 1. The molecule has 0 aliphatic carbocycles. The van der Waals surface area contributed by atoms with Crippen molar-refractivity contribution < 1.29 is 8.83 Å². The van der Waals surface area contributed by atoms with Crippen LogP contribution >= 0.6 is 0 Å². The summed E-state index contributed by atoms with van der Waals surface area (Å²) in [7, 11) is 0. The standard InChI is InChI=1S/C12H11N3O2/c1-6-11(15-12(13)16-6)8-3-4-9-10(5-8)17-7(2)14-9/h3-5H,1-2H3,(H2,13,15). The maximum atomic E-state index is 5.52. The van der Waals surface area contributed by atoms with Crippen molar-refractivity contribution in [3.8, 4) is 11.3 Å². The number of fused-ring (bicyclic) bond motifs is 1. The van der Waals surface area contributed by atoms with Gasteiger partial charge in [0, 0.05) is 12.5 Å². The van der Waals surface area contributed by atoms with E-state index < -0.39 is 0 Å². The molecule has 0 spiro atoms. The van der Waals surface area contributed by atoms with Gasteiger partial charge in [-0.25, -0.2) is 4.98 Å². The molecule has 0 unspecified atom stereocenters. The molecule has 0 fully saturated rings. The molecular weight excluding hydrogens is 218 g/mol. The summed E-state index contributed by atoms with van der Waals surface area (Å²) >= 11 is 0. The summed E-state index contributed by atoms with van der Waals surface area (Å²) in [5.74, 6) is 1.34. The van der Waals surface area contributed by atoms with Crippen molar-refractivity contribution >= 4 is 17.1 Å². The van der Waals surface area contributed by atoms with Crippen LogP contribution in [0.25, 0.3) is 22.4 Å². The molecule has 0 aliphatic heterocycles. The number of oxazole rings is 2. The second-order valence-electron chi connectivity index (χ2n) is 3.87. The van der Waals surface area contributed by atoms with Gasteiger partial charge in [0.25, 0.3) is 6.01 Å². The summed E-state index contributed by atoms with van der Waals surface area (Å²) in [6.45, 7) is 3.65. The highest BCUT2D eigenvalue weighted by atomic mass is 16.4. The zero-order chi connectivity index (χ0) is 12.0. The Morgan fingerprint density at radius 2 is 1.94 bits per heavy atom. The zero-order valence-electron chi connectivity index (χ0n) is 9.52. The highest BCUT2D eigenvalue weighted by Gasteiger charge is 2.11. The number of nitrogens with zero attached hydrogens (tertiary/aromatic N) is 2. The fourth-order valence-corrected chi connectivity index (χ4v) is 1.87. The SMILES string of the molecule is Cc1nc2ccc(-c3nc(N)oc3C)cc2o1. The van der Waals surface area contributed by atoms with Crippen LogP contribution in [-0.4, -0.2) is 9.97 Å². The van der Waals surface area contributed by atoms with Crippen molar-refractivity contribution in [1.29, 1.82) is 0 Å². The van der Waals surface area contributed by atoms with Gasteiger partial charge in [0.15, 0.2) is 11.5 Å². The molecule has 0 atom stereocenters. The molecule has 0 bridgehead atoms. The van der Waals surface area contributed by atoms with Gasteiger partial charge in [-0.3, -0.25) is 0 Å². The minimum Gasteiger partial charge on any atom is -0.441 e. The van der Waals surface area contributed by atoms with Gasteiger partial charge in [0.05, 0.1) is 0 Å². The number of nitrogen functional groups attached to an aromatic ring is 1. The van der Waals surface area contributed by atoms with E-state index in [0.29, 0.717) is 11.7 Å². The van der Waals surface area contributed by atoms with E-state index in [0.717, 1.165) is 22.4 Å². The first-order chi connectivity index (χ1) is 8.13. The number of rotatable bonds is 1. The number of aryl methyl sites for hydroxylation is 2. The third-order valence-corrected chi connectivity index (χ3v) is 2.58. The van der Waals surface area contributed by atoms with Crippen molar-refractivity contribution in [2.45, 2.75) is 13.8 Å². The molecule has 0 radical (unpaired) electrons. The maximum Gasteiger partial charge on any atom is 0.292 e. The van der Waals surface area contributed by atoms with Crippen LogP contribution in [0.1, 0.15) is 11.7 Å². The molecule has 3 aromatic rings. The molecule has 2 heterocycles. The summed E-state index contributed by atoms with van der Waals surface area (Å²) in [6.07, 6.45) is 0. The smallest absolute Gasteiger partial charge is 0.292 e. The second-order valence-corrected chi connectivity index (χ2v) is 3.87. The average Bonchev–Trinajstić information content (AvgIpc) is 2.78. The first-order valence-electron chi connectivity index (χ1n) is 5.24. The topological polar surface area (TPSA) is 78.1 Å². The number of anilines is 1. The molecule has 5 nitrogen and oxygen atoms in total. The molecule has 17 heavy (non-hydrogen) atoms. The number of nitrogens with two attached hydrogens (primary N) is 1. The molecular formula is C12H11N3O2. The minimum atomic E-state index is 0.173. The van der Waals surface area contributed by atoms with Crippen molar-refractivity contribution in [3.63, 3.8) is 0 Å². The van der Waals surface area contributed by atoms with Crippen molar-refractivity contribution in [1.82, 2.24) is 9.97 Å². The summed E-state index contributed by atoms with van der Waals surface area (Å²) in [6, 6.07) is 5.88. The van der Waals surface area contributed by atoms with Crippen molar-refractivity contribution in [3.05, 3.63) is 29.9 Å². The van der Waals surface area contributed by atoms with E-state index in [9.17, 15) is 0 Å². The van der Waals surface area contributed by atoms with E-state index >= 15 is 0 Å². The highest BCUT2D eigenvalue weighted by molar-refractivity contribution is 5.79. The Morgan fingerprint density at radius 1 is 1.12 bits per heavy atom. The van der Waals surface area contributed by atoms with Crippen LogP contribution < -0.4 is 5.73 Å². The third-order valence-electron chi connectivity index (χ3n) is 2.58. The Bertz CT molecular complexity index is 697.